The topological polar surface area (TPSA) is 36.4 Å². The highest BCUT2D eigenvalue weighted by Gasteiger charge is 2.39. The Bertz CT molecular complexity index is 671. The van der Waals surface area contributed by atoms with Gasteiger partial charge in [0.25, 0.3) is 0 Å². The summed E-state index contributed by atoms with van der Waals surface area (Å²) in [5, 5.41) is 0. The number of halogens is 3. The molecule has 1 aromatic rings. The first-order valence-corrected chi connectivity index (χ1v) is 9.99. The highest BCUT2D eigenvalue weighted by molar-refractivity contribution is 5.79. The van der Waals surface area contributed by atoms with E-state index in [4.69, 9.17) is 0 Å². The Labute approximate surface area is 157 Å². The number of alkyl halides is 3. The number of carbonyl (C=O) groups excluding carboxylic acids is 1. The lowest BCUT2D eigenvalue weighted by molar-refractivity contribution is -0.137. The smallest absolute Gasteiger partial charge is 0.357 e. The summed E-state index contributed by atoms with van der Waals surface area (Å²) in [6.07, 6.45) is 3.27. The van der Waals surface area contributed by atoms with E-state index < -0.39 is 11.7 Å². The average molecular weight is 381 g/mol. The van der Waals surface area contributed by atoms with Crippen LogP contribution in [-0.4, -0.2) is 42.0 Å². The number of pyridine rings is 1. The van der Waals surface area contributed by atoms with Crippen molar-refractivity contribution in [3.63, 3.8) is 0 Å². The van der Waals surface area contributed by atoms with Crippen LogP contribution in [0.5, 0.6) is 0 Å². The molecule has 2 saturated heterocycles. The van der Waals surface area contributed by atoms with Crippen LogP contribution >= 0.6 is 0 Å². The number of nitrogens with zero attached hydrogens (tertiary/aromatic N) is 3. The predicted octanol–water partition coefficient (Wildman–Crippen LogP) is 3.97. The largest absolute Gasteiger partial charge is 0.416 e. The fraction of sp³-hybridized carbons (Fsp3) is 0.700. The molecule has 1 saturated carbocycles. The van der Waals surface area contributed by atoms with Gasteiger partial charge in [-0.25, -0.2) is 4.98 Å². The van der Waals surface area contributed by atoms with Gasteiger partial charge in [-0.1, -0.05) is 12.8 Å². The van der Waals surface area contributed by atoms with Crippen LogP contribution in [0.3, 0.4) is 0 Å². The summed E-state index contributed by atoms with van der Waals surface area (Å²) in [5.41, 5.74) is -0.676. The lowest BCUT2D eigenvalue weighted by atomic mass is 9.82. The molecule has 27 heavy (non-hydrogen) atoms. The second-order valence-electron chi connectivity index (χ2n) is 8.21. The molecule has 4 rings (SSSR count). The molecule has 148 valence electrons. The van der Waals surface area contributed by atoms with Gasteiger partial charge in [0, 0.05) is 38.3 Å². The number of hydrogen-bond acceptors (Lipinski definition) is 3. The number of fused-ring (bicyclic) bond motifs is 1. The van der Waals surface area contributed by atoms with E-state index in [1.165, 1.54) is 31.9 Å². The molecule has 1 amide bonds. The van der Waals surface area contributed by atoms with E-state index in [1.54, 1.807) is 0 Å². The number of aromatic nitrogens is 1. The SMILES string of the molecule is O=C(C1CCN(c2cc(C(F)(F)F)ccn2)CC1)N1CC2CCCCC2C1. The van der Waals surface area contributed by atoms with Crippen molar-refractivity contribution in [2.45, 2.75) is 44.7 Å². The summed E-state index contributed by atoms with van der Waals surface area (Å²) in [4.78, 5) is 20.9. The summed E-state index contributed by atoms with van der Waals surface area (Å²) in [7, 11) is 0. The van der Waals surface area contributed by atoms with Gasteiger partial charge in [-0.05, 0) is 49.7 Å². The fourth-order valence-electron chi connectivity index (χ4n) is 4.97. The first-order chi connectivity index (χ1) is 12.9. The molecule has 1 aliphatic carbocycles. The van der Waals surface area contributed by atoms with Crippen molar-refractivity contribution in [2.75, 3.05) is 31.1 Å². The van der Waals surface area contributed by atoms with Crippen molar-refractivity contribution in [2.24, 2.45) is 17.8 Å². The van der Waals surface area contributed by atoms with E-state index in [2.05, 4.69) is 9.88 Å². The Morgan fingerprint density at radius 1 is 1.04 bits per heavy atom. The first-order valence-electron chi connectivity index (χ1n) is 9.99. The fourth-order valence-corrected chi connectivity index (χ4v) is 4.97. The third-order valence-electron chi connectivity index (χ3n) is 6.53. The lowest BCUT2D eigenvalue weighted by Crippen LogP contribution is -2.42. The standard InChI is InChI=1S/C20H26F3N3O/c21-20(22,23)17-5-8-24-18(11-17)25-9-6-14(7-10-25)19(27)26-12-15-3-1-2-4-16(15)13-26/h5,8,11,14-16H,1-4,6-7,9-10,12-13H2. The highest BCUT2D eigenvalue weighted by atomic mass is 19.4. The van der Waals surface area contributed by atoms with Gasteiger partial charge in [-0.3, -0.25) is 4.79 Å². The van der Waals surface area contributed by atoms with Crippen LogP contribution in [0.4, 0.5) is 19.0 Å². The average Bonchev–Trinajstić information content (AvgIpc) is 3.11. The summed E-state index contributed by atoms with van der Waals surface area (Å²) in [5.74, 6) is 1.95. The zero-order valence-corrected chi connectivity index (χ0v) is 15.4. The molecule has 0 N–H and O–H groups in total. The van der Waals surface area contributed by atoms with Crippen LogP contribution < -0.4 is 4.90 Å². The maximum Gasteiger partial charge on any atom is 0.416 e. The third-order valence-corrected chi connectivity index (χ3v) is 6.53. The quantitative estimate of drug-likeness (QED) is 0.778. The van der Waals surface area contributed by atoms with Crippen molar-refractivity contribution in [1.82, 2.24) is 9.88 Å². The number of likely N-dealkylation sites (tertiary alicyclic amines) is 1. The van der Waals surface area contributed by atoms with E-state index in [-0.39, 0.29) is 11.8 Å². The van der Waals surface area contributed by atoms with Crippen LogP contribution in [0.25, 0.3) is 0 Å². The second kappa shape index (κ2) is 7.32. The molecular weight excluding hydrogens is 355 g/mol. The van der Waals surface area contributed by atoms with E-state index >= 15 is 0 Å². The molecule has 0 spiro atoms. The van der Waals surface area contributed by atoms with Crippen LogP contribution in [0.2, 0.25) is 0 Å². The van der Waals surface area contributed by atoms with Crippen molar-refractivity contribution in [3.05, 3.63) is 23.9 Å². The third kappa shape index (κ3) is 3.92. The minimum Gasteiger partial charge on any atom is -0.357 e. The molecule has 4 nitrogen and oxygen atoms in total. The lowest BCUT2D eigenvalue weighted by Gasteiger charge is -2.34. The second-order valence-corrected chi connectivity index (χ2v) is 8.21. The molecule has 3 aliphatic rings. The zero-order valence-electron chi connectivity index (χ0n) is 15.4. The maximum absolute atomic E-state index is 12.9. The molecule has 0 radical (unpaired) electrons. The van der Waals surface area contributed by atoms with Crippen LogP contribution in [0.15, 0.2) is 18.3 Å². The van der Waals surface area contributed by atoms with Gasteiger partial charge in [0.15, 0.2) is 0 Å². The van der Waals surface area contributed by atoms with Crippen molar-refractivity contribution in [3.8, 4) is 0 Å². The molecule has 3 heterocycles. The zero-order chi connectivity index (χ0) is 19.0. The first kappa shape index (κ1) is 18.6. The summed E-state index contributed by atoms with van der Waals surface area (Å²) in [6, 6.07) is 2.10. The minimum absolute atomic E-state index is 0.00722. The molecule has 7 heteroatoms. The van der Waals surface area contributed by atoms with Gasteiger partial charge in [0.1, 0.15) is 5.82 Å². The van der Waals surface area contributed by atoms with E-state index in [1.807, 2.05) is 4.90 Å². The normalized spacial score (nSPS) is 26.9. The van der Waals surface area contributed by atoms with Gasteiger partial charge in [0.2, 0.25) is 5.91 Å². The Morgan fingerprint density at radius 3 is 2.26 bits per heavy atom. The minimum atomic E-state index is -4.36. The number of anilines is 1. The Morgan fingerprint density at radius 2 is 1.67 bits per heavy atom. The number of rotatable bonds is 2. The van der Waals surface area contributed by atoms with Crippen molar-refractivity contribution in [1.29, 1.82) is 0 Å². The van der Waals surface area contributed by atoms with Gasteiger partial charge < -0.3 is 9.80 Å². The van der Waals surface area contributed by atoms with Crippen LogP contribution in [0.1, 0.15) is 44.1 Å². The maximum atomic E-state index is 12.9. The predicted molar refractivity (Wildman–Crippen MR) is 96.2 cm³/mol. The number of piperidine rings is 1. The van der Waals surface area contributed by atoms with Gasteiger partial charge in [-0.15, -0.1) is 0 Å². The molecule has 0 bridgehead atoms. The van der Waals surface area contributed by atoms with E-state index in [9.17, 15) is 18.0 Å². The van der Waals surface area contributed by atoms with Gasteiger partial charge in [0.05, 0.1) is 5.56 Å². The summed E-state index contributed by atoms with van der Waals surface area (Å²) in [6.45, 7) is 2.95. The number of hydrogen-bond donors (Lipinski definition) is 0. The van der Waals surface area contributed by atoms with E-state index in [0.29, 0.717) is 43.6 Å². The molecule has 2 aliphatic heterocycles. The molecule has 1 aromatic heterocycles. The Balaban J connectivity index is 1.34. The van der Waals surface area contributed by atoms with Crippen LogP contribution in [-0.2, 0) is 11.0 Å². The van der Waals surface area contributed by atoms with E-state index in [0.717, 1.165) is 25.2 Å². The molecule has 0 aromatic carbocycles. The highest BCUT2D eigenvalue weighted by Crippen LogP contribution is 2.37. The Kier molecular flexibility index (Phi) is 5.03. The van der Waals surface area contributed by atoms with Crippen molar-refractivity contribution < 1.29 is 18.0 Å². The Hall–Kier alpha value is -1.79. The molecule has 2 atom stereocenters. The molecular formula is C20H26F3N3O. The van der Waals surface area contributed by atoms with Crippen LogP contribution in [0, 0.1) is 17.8 Å². The van der Waals surface area contributed by atoms with Crippen molar-refractivity contribution >= 4 is 11.7 Å². The van der Waals surface area contributed by atoms with Gasteiger partial charge >= 0.3 is 6.18 Å². The summed E-state index contributed by atoms with van der Waals surface area (Å²) >= 11 is 0. The summed E-state index contributed by atoms with van der Waals surface area (Å²) < 4.78 is 38.7. The number of amides is 1. The monoisotopic (exact) mass is 381 g/mol. The number of carbonyl (C=O) groups is 1. The van der Waals surface area contributed by atoms with Gasteiger partial charge in [-0.2, -0.15) is 13.2 Å². The molecule has 3 fully saturated rings. The molecule has 2 unspecified atom stereocenters.